The molecule has 0 aliphatic rings. The number of nitrogens with one attached hydrogen (secondary N) is 1. The zero-order valence-corrected chi connectivity index (χ0v) is 11.6. The van der Waals surface area contributed by atoms with Gasteiger partial charge in [0.05, 0.1) is 11.2 Å². The second-order valence-corrected chi connectivity index (χ2v) is 4.75. The van der Waals surface area contributed by atoms with Crippen molar-refractivity contribution in [2.75, 3.05) is 5.43 Å². The maximum Gasteiger partial charge on any atom is 0.265 e. The predicted octanol–water partition coefficient (Wildman–Crippen LogP) is 3.11. The second kappa shape index (κ2) is 5.16. The average molecular weight is 310 g/mol. The molecule has 0 atom stereocenters. The first-order valence-corrected chi connectivity index (χ1v) is 6.36. The molecule has 0 bridgehead atoms. The Labute approximate surface area is 124 Å². The van der Waals surface area contributed by atoms with Crippen LogP contribution in [0.25, 0.3) is 5.65 Å². The Morgan fingerprint density at radius 3 is 2.95 bits per heavy atom. The van der Waals surface area contributed by atoms with Crippen LogP contribution in [0.15, 0.2) is 36.8 Å². The Balaban J connectivity index is 2.09. The first-order valence-electron chi connectivity index (χ1n) is 5.60. The van der Waals surface area contributed by atoms with E-state index >= 15 is 0 Å². The fourth-order valence-corrected chi connectivity index (χ4v) is 2.02. The van der Waals surface area contributed by atoms with Gasteiger partial charge in [-0.3, -0.25) is 4.40 Å². The maximum absolute atomic E-state index is 6.07. The summed E-state index contributed by atoms with van der Waals surface area (Å²) in [7, 11) is 0. The summed E-state index contributed by atoms with van der Waals surface area (Å²) in [5.41, 5.74) is 3.00. The normalized spacial score (nSPS) is 10.8. The molecule has 0 saturated carbocycles. The van der Waals surface area contributed by atoms with E-state index in [1.54, 1.807) is 41.2 Å². The Hall–Kier alpha value is -2.02. The molecule has 8 heteroatoms. The van der Waals surface area contributed by atoms with Crippen molar-refractivity contribution in [2.45, 2.75) is 0 Å². The molecule has 3 rings (SSSR count). The number of hydrogen-bond acceptors (Lipinski definition) is 5. The van der Waals surface area contributed by atoms with Gasteiger partial charge in [-0.1, -0.05) is 23.2 Å². The van der Waals surface area contributed by atoms with Crippen LogP contribution in [0.1, 0.15) is 0 Å². The van der Waals surface area contributed by atoms with Crippen LogP contribution in [0.3, 0.4) is 0 Å². The van der Waals surface area contributed by atoms with Crippen molar-refractivity contribution in [2.24, 2.45) is 5.84 Å². The van der Waals surface area contributed by atoms with Gasteiger partial charge in [-0.15, -0.1) is 0 Å². The molecule has 0 saturated heterocycles. The van der Waals surface area contributed by atoms with Gasteiger partial charge in [0.1, 0.15) is 5.75 Å². The minimum absolute atomic E-state index is 0.273. The van der Waals surface area contributed by atoms with E-state index < -0.39 is 0 Å². The highest BCUT2D eigenvalue weighted by atomic mass is 35.5. The quantitative estimate of drug-likeness (QED) is 0.574. The third-order valence-corrected chi connectivity index (χ3v) is 3.14. The topological polar surface area (TPSA) is 77.5 Å². The van der Waals surface area contributed by atoms with Crippen LogP contribution >= 0.6 is 23.2 Å². The molecule has 0 fully saturated rings. The largest absolute Gasteiger partial charge is 0.434 e. The summed E-state index contributed by atoms with van der Waals surface area (Å²) in [6.45, 7) is 0. The number of nitrogens with two attached hydrogens (primary N) is 1. The molecule has 0 amide bonds. The summed E-state index contributed by atoms with van der Waals surface area (Å²) in [5.74, 6) is 6.48. The molecular formula is C12H9Cl2N5O. The highest BCUT2D eigenvalue weighted by Crippen LogP contribution is 2.32. The minimum Gasteiger partial charge on any atom is -0.434 e. The van der Waals surface area contributed by atoms with Crippen LogP contribution in [-0.2, 0) is 0 Å². The lowest BCUT2D eigenvalue weighted by Crippen LogP contribution is -2.10. The molecule has 0 radical (unpaired) electrons. The number of rotatable bonds is 3. The Kier molecular flexibility index (Phi) is 3.35. The maximum atomic E-state index is 6.07. The fraction of sp³-hybridized carbons (Fsp3) is 0. The summed E-state index contributed by atoms with van der Waals surface area (Å²) in [4.78, 5) is 8.39. The summed E-state index contributed by atoms with van der Waals surface area (Å²) >= 11 is 12.0. The van der Waals surface area contributed by atoms with Crippen LogP contribution in [0.4, 0.5) is 5.82 Å². The molecule has 3 aromatic rings. The number of benzene rings is 1. The molecule has 1 aromatic carbocycles. The van der Waals surface area contributed by atoms with Crippen molar-refractivity contribution in [3.63, 3.8) is 0 Å². The zero-order valence-electron chi connectivity index (χ0n) is 10.0. The number of hydrogen-bond donors (Lipinski definition) is 2. The molecule has 0 aliphatic carbocycles. The number of nitrogens with zero attached hydrogens (tertiary/aromatic N) is 3. The summed E-state index contributed by atoms with van der Waals surface area (Å²) in [6.07, 6.45) is 5.07. The van der Waals surface area contributed by atoms with E-state index in [1.165, 1.54) is 0 Å². The van der Waals surface area contributed by atoms with Gasteiger partial charge in [-0.2, -0.15) is 4.98 Å². The monoisotopic (exact) mass is 309 g/mol. The van der Waals surface area contributed by atoms with E-state index in [4.69, 9.17) is 33.8 Å². The summed E-state index contributed by atoms with van der Waals surface area (Å²) in [6, 6.07) is 4.92. The number of ether oxygens (including phenoxy) is 1. The van der Waals surface area contributed by atoms with E-state index in [9.17, 15) is 0 Å². The van der Waals surface area contributed by atoms with Crippen molar-refractivity contribution >= 4 is 34.7 Å². The lowest BCUT2D eigenvalue weighted by molar-refractivity contribution is 0.466. The molecule has 0 spiro atoms. The van der Waals surface area contributed by atoms with Crippen molar-refractivity contribution in [1.82, 2.24) is 14.4 Å². The third-order valence-electron chi connectivity index (χ3n) is 2.59. The third kappa shape index (κ3) is 2.36. The second-order valence-electron chi connectivity index (χ2n) is 3.91. The standard InChI is InChI=1S/C12H9Cl2N5O/c13-7-1-2-8(14)9(5-7)20-12-11-16-3-4-19(11)6-10(17-12)18-15/h1-6,18H,15H2. The Morgan fingerprint density at radius 2 is 2.15 bits per heavy atom. The van der Waals surface area contributed by atoms with Crippen LogP contribution in [0, 0.1) is 0 Å². The van der Waals surface area contributed by atoms with E-state index in [-0.39, 0.29) is 5.88 Å². The molecule has 0 unspecified atom stereocenters. The van der Waals surface area contributed by atoms with Gasteiger partial charge in [0.2, 0.25) is 5.65 Å². The van der Waals surface area contributed by atoms with Gasteiger partial charge in [0.15, 0.2) is 5.82 Å². The minimum atomic E-state index is 0.273. The SMILES string of the molecule is NNc1cn2ccnc2c(Oc2cc(Cl)ccc2Cl)n1. The molecule has 6 nitrogen and oxygen atoms in total. The van der Waals surface area contributed by atoms with Gasteiger partial charge in [-0.05, 0) is 12.1 Å². The van der Waals surface area contributed by atoms with Gasteiger partial charge in [0.25, 0.3) is 5.88 Å². The first kappa shape index (κ1) is 13.0. The number of fused-ring (bicyclic) bond motifs is 1. The van der Waals surface area contributed by atoms with E-state index in [1.807, 2.05) is 0 Å². The Morgan fingerprint density at radius 1 is 1.30 bits per heavy atom. The van der Waals surface area contributed by atoms with E-state index in [0.717, 1.165) is 0 Å². The molecule has 102 valence electrons. The lowest BCUT2D eigenvalue weighted by atomic mass is 10.3. The molecule has 3 N–H and O–H groups in total. The van der Waals surface area contributed by atoms with Crippen LogP contribution < -0.4 is 16.0 Å². The summed E-state index contributed by atoms with van der Waals surface area (Å²) < 4.78 is 7.43. The van der Waals surface area contributed by atoms with Gasteiger partial charge < -0.3 is 10.2 Å². The number of aromatic nitrogens is 3. The molecular weight excluding hydrogens is 301 g/mol. The van der Waals surface area contributed by atoms with Gasteiger partial charge in [0, 0.05) is 23.5 Å². The van der Waals surface area contributed by atoms with Crippen molar-refractivity contribution in [3.8, 4) is 11.6 Å². The highest BCUT2D eigenvalue weighted by molar-refractivity contribution is 6.34. The molecule has 20 heavy (non-hydrogen) atoms. The number of halogens is 2. The predicted molar refractivity (Wildman–Crippen MR) is 77.3 cm³/mol. The van der Waals surface area contributed by atoms with Crippen LogP contribution in [0.5, 0.6) is 11.6 Å². The Bertz CT molecular complexity index is 774. The van der Waals surface area contributed by atoms with E-state index in [2.05, 4.69) is 15.4 Å². The number of hydrazine groups is 1. The van der Waals surface area contributed by atoms with Gasteiger partial charge in [-0.25, -0.2) is 10.8 Å². The van der Waals surface area contributed by atoms with Crippen molar-refractivity contribution in [3.05, 3.63) is 46.8 Å². The molecule has 2 aromatic heterocycles. The molecule has 2 heterocycles. The smallest absolute Gasteiger partial charge is 0.265 e. The molecule has 0 aliphatic heterocycles. The van der Waals surface area contributed by atoms with E-state index in [0.29, 0.717) is 27.3 Å². The zero-order chi connectivity index (χ0) is 14.1. The summed E-state index contributed by atoms with van der Waals surface area (Å²) in [5, 5.41) is 0.934. The number of nitrogen functional groups attached to an aromatic ring is 1. The van der Waals surface area contributed by atoms with Crippen molar-refractivity contribution < 1.29 is 4.74 Å². The van der Waals surface area contributed by atoms with Gasteiger partial charge >= 0.3 is 0 Å². The first-order chi connectivity index (χ1) is 9.67. The average Bonchev–Trinajstić information content (AvgIpc) is 2.91. The van der Waals surface area contributed by atoms with Crippen molar-refractivity contribution in [1.29, 1.82) is 0 Å². The number of imidazole rings is 1. The lowest BCUT2D eigenvalue weighted by Gasteiger charge is -2.09. The highest BCUT2D eigenvalue weighted by Gasteiger charge is 2.12. The van der Waals surface area contributed by atoms with Crippen LogP contribution in [0.2, 0.25) is 10.0 Å². The fourth-order valence-electron chi connectivity index (χ4n) is 1.70. The number of anilines is 1. The van der Waals surface area contributed by atoms with Crippen LogP contribution in [-0.4, -0.2) is 14.4 Å².